The molecule has 1 heterocycles. The number of hydrogen-bond donors (Lipinski definition) is 3. The number of nitrogens with two attached hydrogens (primary N) is 1. The van der Waals surface area contributed by atoms with E-state index >= 15 is 0 Å². The van der Waals surface area contributed by atoms with Crippen molar-refractivity contribution < 1.29 is 14.4 Å². The van der Waals surface area contributed by atoms with Crippen LogP contribution >= 0.6 is 0 Å². The first-order valence-corrected chi connectivity index (χ1v) is 13.7. The number of carbonyl (C=O) groups excluding carboxylic acids is 3. The van der Waals surface area contributed by atoms with Gasteiger partial charge in [0.05, 0.1) is 0 Å². The molecular formula is C32H39N5O3. The molecule has 1 atom stereocenters. The van der Waals surface area contributed by atoms with Gasteiger partial charge in [-0.3, -0.25) is 14.4 Å². The Morgan fingerprint density at radius 3 is 2.48 bits per heavy atom. The molecule has 0 saturated heterocycles. The number of nitrogens with one attached hydrogen (secondary N) is 2. The molecule has 1 aliphatic rings. The molecule has 0 fully saturated rings. The Labute approximate surface area is 236 Å². The molecule has 1 unspecified atom stereocenters. The largest absolute Gasteiger partial charge is 0.330 e. The summed E-state index contributed by atoms with van der Waals surface area (Å²) in [6.45, 7) is 8.54. The third-order valence-electron chi connectivity index (χ3n) is 7.46. The molecule has 210 valence electrons. The zero-order valence-electron chi connectivity index (χ0n) is 23.8. The second kappa shape index (κ2) is 12.0. The molecule has 1 aromatic heterocycles. The van der Waals surface area contributed by atoms with Gasteiger partial charge in [-0.25, -0.2) is 4.98 Å². The number of nitrogens with zero attached hydrogens (tertiary/aromatic N) is 2. The van der Waals surface area contributed by atoms with Gasteiger partial charge in [-0.05, 0) is 66.3 Å². The number of benzene rings is 2. The Balaban J connectivity index is 1.50. The van der Waals surface area contributed by atoms with Crippen molar-refractivity contribution in [2.75, 3.05) is 23.7 Å². The molecule has 2 aromatic carbocycles. The van der Waals surface area contributed by atoms with Gasteiger partial charge in [0.1, 0.15) is 12.4 Å². The highest BCUT2D eigenvalue weighted by atomic mass is 16.2. The standard InChI is InChI=1S/C32H39N5O3/c1-31(2,3)30(40)37(19-24-9-6-5-8-22(24)13-14-33)20-28(39)36-26-12-11-23-17-32(4,18-25(23)16-26)27-10-7-15-34-29(27)35-21-38/h5-12,15-16,21H,13-14,17-20,33H2,1-4H3,(H,36,39)(H,34,35,38). The van der Waals surface area contributed by atoms with Gasteiger partial charge in [0, 0.05) is 34.8 Å². The van der Waals surface area contributed by atoms with E-state index in [1.807, 2.05) is 75.4 Å². The lowest BCUT2D eigenvalue weighted by molar-refractivity contribution is -0.142. The molecule has 0 radical (unpaired) electrons. The highest BCUT2D eigenvalue weighted by molar-refractivity contribution is 5.95. The third kappa shape index (κ3) is 6.57. The van der Waals surface area contributed by atoms with Crippen molar-refractivity contribution in [1.82, 2.24) is 9.88 Å². The summed E-state index contributed by atoms with van der Waals surface area (Å²) in [5, 5.41) is 5.73. The number of aromatic nitrogens is 1. The SMILES string of the molecule is CC(C)(C)C(=O)N(CC(=O)Nc1ccc2c(c1)CC(C)(c1cccnc1NC=O)C2)Cc1ccccc1CCN. The monoisotopic (exact) mass is 541 g/mol. The van der Waals surface area contributed by atoms with E-state index in [4.69, 9.17) is 5.73 Å². The van der Waals surface area contributed by atoms with Crippen LogP contribution in [0.5, 0.6) is 0 Å². The van der Waals surface area contributed by atoms with Crippen LogP contribution in [0.2, 0.25) is 0 Å². The van der Waals surface area contributed by atoms with Crippen LogP contribution in [-0.4, -0.2) is 41.2 Å². The lowest BCUT2D eigenvalue weighted by atomic mass is 9.80. The predicted octanol–water partition coefficient (Wildman–Crippen LogP) is 4.22. The molecule has 0 saturated carbocycles. The van der Waals surface area contributed by atoms with Gasteiger partial charge in [-0.15, -0.1) is 0 Å². The molecule has 8 heteroatoms. The van der Waals surface area contributed by atoms with Gasteiger partial charge in [-0.2, -0.15) is 0 Å². The number of anilines is 2. The molecule has 4 N–H and O–H groups in total. The predicted molar refractivity (Wildman–Crippen MR) is 158 cm³/mol. The highest BCUT2D eigenvalue weighted by Crippen LogP contribution is 2.42. The van der Waals surface area contributed by atoms with Crippen molar-refractivity contribution in [1.29, 1.82) is 0 Å². The Morgan fingerprint density at radius 1 is 1.05 bits per heavy atom. The van der Waals surface area contributed by atoms with Crippen molar-refractivity contribution >= 4 is 29.7 Å². The molecule has 1 aliphatic carbocycles. The van der Waals surface area contributed by atoms with Crippen molar-refractivity contribution in [3.05, 3.63) is 88.6 Å². The summed E-state index contributed by atoms with van der Waals surface area (Å²) in [4.78, 5) is 43.7. The van der Waals surface area contributed by atoms with Crippen LogP contribution in [0.3, 0.4) is 0 Å². The van der Waals surface area contributed by atoms with Crippen LogP contribution in [0.1, 0.15) is 55.5 Å². The van der Waals surface area contributed by atoms with Crippen molar-refractivity contribution in [3.8, 4) is 0 Å². The summed E-state index contributed by atoms with van der Waals surface area (Å²) in [6, 6.07) is 17.7. The van der Waals surface area contributed by atoms with E-state index < -0.39 is 5.41 Å². The maximum Gasteiger partial charge on any atom is 0.244 e. The molecule has 0 spiro atoms. The molecule has 3 aromatic rings. The molecule has 4 rings (SSSR count). The van der Waals surface area contributed by atoms with E-state index in [-0.39, 0.29) is 23.8 Å². The van der Waals surface area contributed by atoms with Crippen molar-refractivity contribution in [2.24, 2.45) is 11.1 Å². The van der Waals surface area contributed by atoms with Gasteiger partial charge in [0.25, 0.3) is 0 Å². The number of rotatable bonds is 10. The summed E-state index contributed by atoms with van der Waals surface area (Å²) in [5.41, 5.74) is 11.0. The maximum absolute atomic E-state index is 13.3. The van der Waals surface area contributed by atoms with E-state index in [0.717, 1.165) is 35.1 Å². The third-order valence-corrected chi connectivity index (χ3v) is 7.46. The molecule has 40 heavy (non-hydrogen) atoms. The second-order valence-corrected chi connectivity index (χ2v) is 11.8. The van der Waals surface area contributed by atoms with Crippen LogP contribution in [0.25, 0.3) is 0 Å². The minimum atomic E-state index is -0.634. The first-order valence-electron chi connectivity index (χ1n) is 13.7. The van der Waals surface area contributed by atoms with E-state index in [2.05, 4.69) is 22.5 Å². The molecule has 3 amide bonds. The van der Waals surface area contributed by atoms with Crippen LogP contribution in [0.4, 0.5) is 11.5 Å². The fourth-order valence-electron chi connectivity index (χ4n) is 5.56. The quantitative estimate of drug-likeness (QED) is 0.332. The number of fused-ring (bicyclic) bond motifs is 1. The number of carbonyl (C=O) groups is 3. The van der Waals surface area contributed by atoms with Gasteiger partial charge >= 0.3 is 0 Å². The Bertz CT molecular complexity index is 1400. The van der Waals surface area contributed by atoms with E-state index in [1.54, 1.807) is 11.1 Å². The Morgan fingerprint density at radius 2 is 1.77 bits per heavy atom. The zero-order chi connectivity index (χ0) is 28.9. The second-order valence-electron chi connectivity index (χ2n) is 11.8. The topological polar surface area (TPSA) is 117 Å². The summed E-state index contributed by atoms with van der Waals surface area (Å²) in [6.07, 6.45) is 4.57. The summed E-state index contributed by atoms with van der Waals surface area (Å²) < 4.78 is 0. The van der Waals surface area contributed by atoms with E-state index in [9.17, 15) is 14.4 Å². The van der Waals surface area contributed by atoms with Gasteiger partial charge < -0.3 is 21.3 Å². The van der Waals surface area contributed by atoms with Gasteiger partial charge in [0.15, 0.2) is 0 Å². The van der Waals surface area contributed by atoms with Crippen LogP contribution in [-0.2, 0) is 45.6 Å². The van der Waals surface area contributed by atoms with Crippen LogP contribution in [0.15, 0.2) is 60.8 Å². The van der Waals surface area contributed by atoms with Crippen molar-refractivity contribution in [3.63, 3.8) is 0 Å². The smallest absolute Gasteiger partial charge is 0.244 e. The summed E-state index contributed by atoms with van der Waals surface area (Å²) >= 11 is 0. The molecule has 0 aliphatic heterocycles. The van der Waals surface area contributed by atoms with Gasteiger partial charge in [0.2, 0.25) is 18.2 Å². The number of hydrogen-bond acceptors (Lipinski definition) is 5. The lowest BCUT2D eigenvalue weighted by Crippen LogP contribution is -2.43. The zero-order valence-corrected chi connectivity index (χ0v) is 23.8. The van der Waals surface area contributed by atoms with E-state index in [0.29, 0.717) is 37.4 Å². The fraction of sp³-hybridized carbons (Fsp3) is 0.375. The normalized spacial score (nSPS) is 16.2. The first kappa shape index (κ1) is 29.0. The fourth-order valence-corrected chi connectivity index (χ4v) is 5.56. The van der Waals surface area contributed by atoms with Crippen LogP contribution in [0, 0.1) is 5.41 Å². The lowest BCUT2D eigenvalue weighted by Gasteiger charge is -2.30. The summed E-state index contributed by atoms with van der Waals surface area (Å²) in [5.74, 6) is 0.225. The first-order chi connectivity index (χ1) is 19.0. The number of pyridine rings is 1. The summed E-state index contributed by atoms with van der Waals surface area (Å²) in [7, 11) is 0. The Hall–Kier alpha value is -4.04. The molecular weight excluding hydrogens is 502 g/mol. The minimum Gasteiger partial charge on any atom is -0.330 e. The average molecular weight is 542 g/mol. The van der Waals surface area contributed by atoms with E-state index in [1.165, 1.54) is 5.56 Å². The maximum atomic E-state index is 13.3. The highest BCUT2D eigenvalue weighted by Gasteiger charge is 2.37. The Kier molecular flexibility index (Phi) is 8.69. The average Bonchev–Trinajstić information content (AvgIpc) is 3.25. The van der Waals surface area contributed by atoms with Crippen LogP contribution < -0.4 is 16.4 Å². The molecule has 8 nitrogen and oxygen atoms in total. The number of amides is 3. The van der Waals surface area contributed by atoms with Crippen molar-refractivity contribution in [2.45, 2.75) is 58.9 Å². The van der Waals surface area contributed by atoms with Gasteiger partial charge in [-0.1, -0.05) is 64.1 Å². The molecule has 0 bridgehead atoms. The minimum absolute atomic E-state index is 0.0573.